The molecule has 0 bridgehead atoms. The SMILES string of the molecule is C=C[C@@H](CCCO[Si](C)(C)C(C)(C)C)NC(=O)OCc1ccccc1. The second-order valence-electron chi connectivity index (χ2n) is 7.80. The molecule has 1 aromatic carbocycles. The fraction of sp³-hybridized carbons (Fsp3) is 0.550. The number of amides is 1. The van der Waals surface area contributed by atoms with Crippen molar-refractivity contribution in [2.45, 2.75) is 64.4 Å². The maximum atomic E-state index is 11.9. The first-order valence-corrected chi connectivity index (χ1v) is 11.8. The van der Waals surface area contributed by atoms with E-state index < -0.39 is 14.4 Å². The minimum absolute atomic E-state index is 0.105. The van der Waals surface area contributed by atoms with Crippen molar-refractivity contribution in [1.29, 1.82) is 0 Å². The molecule has 1 amide bonds. The van der Waals surface area contributed by atoms with Crippen molar-refractivity contribution in [2.75, 3.05) is 6.61 Å². The Morgan fingerprint density at radius 1 is 1.28 bits per heavy atom. The molecule has 0 radical (unpaired) electrons. The molecule has 5 heteroatoms. The van der Waals surface area contributed by atoms with Gasteiger partial charge in [0.15, 0.2) is 8.32 Å². The van der Waals surface area contributed by atoms with Gasteiger partial charge in [0.05, 0.1) is 6.04 Å². The number of rotatable bonds is 9. The van der Waals surface area contributed by atoms with E-state index in [1.807, 2.05) is 30.3 Å². The Morgan fingerprint density at radius 2 is 1.92 bits per heavy atom. The quantitative estimate of drug-likeness (QED) is 0.369. The van der Waals surface area contributed by atoms with E-state index in [2.05, 4.69) is 45.8 Å². The lowest BCUT2D eigenvalue weighted by atomic mass is 10.1. The van der Waals surface area contributed by atoms with Crippen molar-refractivity contribution in [3.8, 4) is 0 Å². The van der Waals surface area contributed by atoms with E-state index in [4.69, 9.17) is 9.16 Å². The van der Waals surface area contributed by atoms with E-state index >= 15 is 0 Å². The number of carbonyl (C=O) groups excluding carboxylic acids is 1. The molecule has 1 atom stereocenters. The van der Waals surface area contributed by atoms with E-state index in [9.17, 15) is 4.79 Å². The zero-order valence-corrected chi connectivity index (χ0v) is 17.3. The third-order valence-corrected chi connectivity index (χ3v) is 9.27. The molecule has 0 aromatic heterocycles. The van der Waals surface area contributed by atoms with Crippen LogP contribution >= 0.6 is 0 Å². The van der Waals surface area contributed by atoms with Gasteiger partial charge in [-0.2, -0.15) is 0 Å². The van der Waals surface area contributed by atoms with Crippen LogP contribution in [0.1, 0.15) is 39.2 Å². The Kier molecular flexibility index (Phi) is 8.39. The van der Waals surface area contributed by atoms with E-state index in [-0.39, 0.29) is 17.7 Å². The second kappa shape index (κ2) is 9.78. The first-order valence-electron chi connectivity index (χ1n) is 8.89. The third kappa shape index (κ3) is 7.88. The minimum atomic E-state index is -1.71. The highest BCUT2D eigenvalue weighted by Gasteiger charge is 2.36. The molecule has 0 saturated heterocycles. The summed E-state index contributed by atoms with van der Waals surface area (Å²) in [4.78, 5) is 11.9. The van der Waals surface area contributed by atoms with Crippen LogP contribution in [-0.2, 0) is 15.8 Å². The average Bonchev–Trinajstić information content (AvgIpc) is 2.55. The molecule has 0 saturated carbocycles. The maximum absolute atomic E-state index is 11.9. The smallest absolute Gasteiger partial charge is 0.407 e. The number of hydrogen-bond acceptors (Lipinski definition) is 3. The number of hydrogen-bond donors (Lipinski definition) is 1. The molecule has 4 nitrogen and oxygen atoms in total. The Morgan fingerprint density at radius 3 is 2.48 bits per heavy atom. The van der Waals surface area contributed by atoms with Crippen LogP contribution in [0, 0.1) is 0 Å². The van der Waals surface area contributed by atoms with Crippen molar-refractivity contribution >= 4 is 14.4 Å². The lowest BCUT2D eigenvalue weighted by Crippen LogP contribution is -2.41. The summed E-state index contributed by atoms with van der Waals surface area (Å²) in [7, 11) is -1.71. The van der Waals surface area contributed by atoms with Crippen LogP contribution in [0.15, 0.2) is 43.0 Å². The molecule has 0 unspecified atom stereocenters. The van der Waals surface area contributed by atoms with Crippen molar-refractivity contribution < 1.29 is 14.0 Å². The van der Waals surface area contributed by atoms with Crippen LogP contribution in [0.2, 0.25) is 18.1 Å². The Hall–Kier alpha value is -1.59. The summed E-state index contributed by atoms with van der Waals surface area (Å²) >= 11 is 0. The van der Waals surface area contributed by atoms with Gasteiger partial charge in [-0.15, -0.1) is 6.58 Å². The summed E-state index contributed by atoms with van der Waals surface area (Å²) in [5, 5.41) is 3.05. The summed E-state index contributed by atoms with van der Waals surface area (Å²) in [6.07, 6.45) is 3.00. The Labute approximate surface area is 153 Å². The Balaban J connectivity index is 2.29. The van der Waals surface area contributed by atoms with E-state index in [0.29, 0.717) is 6.61 Å². The molecule has 1 N–H and O–H groups in total. The molecule has 1 rings (SSSR count). The van der Waals surface area contributed by atoms with Crippen molar-refractivity contribution in [1.82, 2.24) is 5.32 Å². The molecule has 0 aliphatic rings. The molecule has 25 heavy (non-hydrogen) atoms. The highest BCUT2D eigenvalue weighted by molar-refractivity contribution is 6.74. The minimum Gasteiger partial charge on any atom is -0.445 e. The summed E-state index contributed by atoms with van der Waals surface area (Å²) in [6.45, 7) is 16.0. The van der Waals surface area contributed by atoms with Gasteiger partial charge in [-0.1, -0.05) is 57.2 Å². The topological polar surface area (TPSA) is 47.6 Å². The highest BCUT2D eigenvalue weighted by atomic mass is 28.4. The number of ether oxygens (including phenoxy) is 1. The molecule has 0 aliphatic heterocycles. The van der Waals surface area contributed by atoms with Gasteiger partial charge in [-0.3, -0.25) is 0 Å². The van der Waals surface area contributed by atoms with Gasteiger partial charge < -0.3 is 14.5 Å². The van der Waals surface area contributed by atoms with E-state index in [1.165, 1.54) is 0 Å². The predicted octanol–water partition coefficient (Wildman–Crippen LogP) is 5.27. The van der Waals surface area contributed by atoms with Crippen molar-refractivity contribution in [3.63, 3.8) is 0 Å². The lowest BCUT2D eigenvalue weighted by Gasteiger charge is -2.36. The van der Waals surface area contributed by atoms with Crippen LogP contribution in [-0.4, -0.2) is 27.1 Å². The Bertz CT molecular complexity index is 538. The average molecular weight is 364 g/mol. The zero-order valence-electron chi connectivity index (χ0n) is 16.3. The lowest BCUT2D eigenvalue weighted by molar-refractivity contribution is 0.136. The van der Waals surface area contributed by atoms with Crippen LogP contribution < -0.4 is 5.32 Å². The largest absolute Gasteiger partial charge is 0.445 e. The van der Waals surface area contributed by atoms with Gasteiger partial charge in [-0.25, -0.2) is 4.79 Å². The summed E-state index contributed by atoms with van der Waals surface area (Å²) in [5.74, 6) is 0. The van der Waals surface area contributed by atoms with E-state index in [0.717, 1.165) is 18.4 Å². The van der Waals surface area contributed by atoms with Gasteiger partial charge >= 0.3 is 6.09 Å². The van der Waals surface area contributed by atoms with Gasteiger partial charge in [0, 0.05) is 6.61 Å². The number of benzene rings is 1. The second-order valence-corrected chi connectivity index (χ2v) is 12.6. The maximum Gasteiger partial charge on any atom is 0.407 e. The monoisotopic (exact) mass is 363 g/mol. The molecule has 0 spiro atoms. The fourth-order valence-electron chi connectivity index (χ4n) is 2.01. The van der Waals surface area contributed by atoms with Crippen molar-refractivity contribution in [2.24, 2.45) is 0 Å². The van der Waals surface area contributed by atoms with Crippen molar-refractivity contribution in [3.05, 3.63) is 48.6 Å². The predicted molar refractivity (Wildman–Crippen MR) is 106 cm³/mol. The first-order chi connectivity index (χ1) is 11.7. The number of carbonyl (C=O) groups is 1. The fourth-order valence-corrected chi connectivity index (χ4v) is 3.10. The molecule has 1 aromatic rings. The van der Waals surface area contributed by atoms with Crippen LogP contribution in [0.25, 0.3) is 0 Å². The first kappa shape index (κ1) is 21.4. The van der Waals surface area contributed by atoms with Crippen LogP contribution in [0.3, 0.4) is 0 Å². The standard InChI is InChI=1S/C20H33NO3Si/c1-7-18(14-11-15-24-25(5,6)20(2,3)4)21-19(22)23-16-17-12-9-8-10-13-17/h7-10,12-13,18H,1,11,14-16H2,2-6H3,(H,21,22)/t18-/m0/s1. The van der Waals surface area contributed by atoms with Crippen LogP contribution in [0.5, 0.6) is 0 Å². The molecule has 0 aliphatic carbocycles. The zero-order chi connectivity index (χ0) is 18.9. The normalized spacial score (nSPS) is 13.2. The molecule has 0 fully saturated rings. The number of nitrogens with one attached hydrogen (secondary N) is 1. The summed E-state index contributed by atoms with van der Waals surface area (Å²) in [6, 6.07) is 9.53. The third-order valence-electron chi connectivity index (χ3n) is 4.73. The molecule has 0 heterocycles. The molecule has 140 valence electrons. The van der Waals surface area contributed by atoms with Gasteiger partial charge in [-0.05, 0) is 36.5 Å². The summed E-state index contributed by atoms with van der Waals surface area (Å²) in [5.41, 5.74) is 0.968. The molecular formula is C20H33NO3Si. The van der Waals surface area contributed by atoms with Gasteiger partial charge in [0.25, 0.3) is 0 Å². The highest BCUT2D eigenvalue weighted by Crippen LogP contribution is 2.36. The van der Waals surface area contributed by atoms with Gasteiger partial charge in [0.2, 0.25) is 0 Å². The van der Waals surface area contributed by atoms with E-state index in [1.54, 1.807) is 6.08 Å². The molecular weight excluding hydrogens is 330 g/mol. The van der Waals surface area contributed by atoms with Crippen LogP contribution in [0.4, 0.5) is 4.79 Å². The number of alkyl carbamates (subject to hydrolysis) is 1. The van der Waals surface area contributed by atoms with Gasteiger partial charge in [0.1, 0.15) is 6.61 Å². The summed E-state index contributed by atoms with van der Waals surface area (Å²) < 4.78 is 11.4.